The third-order valence-corrected chi connectivity index (χ3v) is 2.34. The molecule has 7 heteroatoms. The van der Waals surface area contributed by atoms with E-state index in [1.807, 2.05) is 0 Å². The van der Waals surface area contributed by atoms with Gasteiger partial charge in [-0.25, -0.2) is 15.0 Å². The van der Waals surface area contributed by atoms with Crippen LogP contribution in [0.25, 0.3) is 16.9 Å². The van der Waals surface area contributed by atoms with Crippen LogP contribution in [-0.4, -0.2) is 29.7 Å². The molecule has 0 atom stereocenters. The van der Waals surface area contributed by atoms with Crippen molar-refractivity contribution in [3.63, 3.8) is 0 Å². The van der Waals surface area contributed by atoms with Crippen molar-refractivity contribution >= 4 is 11.0 Å². The van der Waals surface area contributed by atoms with Gasteiger partial charge in [0, 0.05) is 12.3 Å². The average Bonchev–Trinajstić information content (AvgIpc) is 2.74. The maximum absolute atomic E-state index is 11.7. The molecule has 3 aromatic rings. The van der Waals surface area contributed by atoms with Crippen molar-refractivity contribution < 1.29 is 0 Å². The second kappa shape index (κ2) is 3.48. The van der Waals surface area contributed by atoms with Gasteiger partial charge in [0.2, 0.25) is 0 Å². The van der Waals surface area contributed by atoms with E-state index in [2.05, 4.69) is 25.0 Å². The van der Waals surface area contributed by atoms with Crippen LogP contribution in [0.5, 0.6) is 0 Å². The second-order valence-electron chi connectivity index (χ2n) is 3.51. The number of rotatable bonds is 1. The normalized spacial score (nSPS) is 10.9. The van der Waals surface area contributed by atoms with Crippen molar-refractivity contribution in [2.45, 2.75) is 6.92 Å². The first-order valence-electron chi connectivity index (χ1n) is 4.97. The SMILES string of the molecule is Cc1nc2c(cnn2-c2ccncn2)c(=O)[nH]1. The molecule has 0 saturated carbocycles. The summed E-state index contributed by atoms with van der Waals surface area (Å²) in [6.45, 7) is 1.72. The van der Waals surface area contributed by atoms with Gasteiger partial charge in [-0.2, -0.15) is 9.78 Å². The average molecular weight is 228 g/mol. The highest BCUT2D eigenvalue weighted by atomic mass is 16.1. The van der Waals surface area contributed by atoms with Gasteiger partial charge in [-0.15, -0.1) is 0 Å². The van der Waals surface area contributed by atoms with Crippen LogP contribution in [0.1, 0.15) is 5.82 Å². The number of hydrogen-bond donors (Lipinski definition) is 1. The van der Waals surface area contributed by atoms with Crippen molar-refractivity contribution in [3.05, 3.63) is 41.0 Å². The maximum atomic E-state index is 11.7. The predicted octanol–water partition coefficient (Wildman–Crippen LogP) is 0.207. The zero-order chi connectivity index (χ0) is 11.8. The van der Waals surface area contributed by atoms with Gasteiger partial charge in [0.05, 0.1) is 6.20 Å². The summed E-state index contributed by atoms with van der Waals surface area (Å²) in [6, 6.07) is 1.70. The van der Waals surface area contributed by atoms with Crippen LogP contribution in [0.4, 0.5) is 0 Å². The molecule has 0 radical (unpaired) electrons. The summed E-state index contributed by atoms with van der Waals surface area (Å²) >= 11 is 0. The van der Waals surface area contributed by atoms with Crippen LogP contribution < -0.4 is 5.56 Å². The fourth-order valence-corrected chi connectivity index (χ4v) is 1.60. The molecular formula is C10H8N6O. The summed E-state index contributed by atoms with van der Waals surface area (Å²) in [5.74, 6) is 1.12. The van der Waals surface area contributed by atoms with Crippen molar-refractivity contribution in [2.75, 3.05) is 0 Å². The Morgan fingerprint density at radius 1 is 1.41 bits per heavy atom. The van der Waals surface area contributed by atoms with Crippen LogP contribution in [-0.2, 0) is 0 Å². The number of aryl methyl sites for hydroxylation is 1. The molecule has 3 aromatic heterocycles. The van der Waals surface area contributed by atoms with E-state index in [0.29, 0.717) is 22.7 Å². The molecule has 17 heavy (non-hydrogen) atoms. The van der Waals surface area contributed by atoms with E-state index in [9.17, 15) is 4.79 Å². The second-order valence-corrected chi connectivity index (χ2v) is 3.51. The lowest BCUT2D eigenvalue weighted by Gasteiger charge is -2.00. The van der Waals surface area contributed by atoms with E-state index in [1.54, 1.807) is 19.2 Å². The van der Waals surface area contributed by atoms with Crippen molar-refractivity contribution in [1.29, 1.82) is 0 Å². The summed E-state index contributed by atoms with van der Waals surface area (Å²) in [6.07, 6.45) is 4.50. The highest BCUT2D eigenvalue weighted by Crippen LogP contribution is 2.10. The summed E-state index contributed by atoms with van der Waals surface area (Å²) in [4.78, 5) is 26.4. The fourth-order valence-electron chi connectivity index (χ4n) is 1.60. The molecule has 0 amide bonds. The van der Waals surface area contributed by atoms with Gasteiger partial charge < -0.3 is 4.98 Å². The molecule has 0 aliphatic heterocycles. The molecule has 0 unspecified atom stereocenters. The number of nitrogens with one attached hydrogen (secondary N) is 1. The topological polar surface area (TPSA) is 89.3 Å². The van der Waals surface area contributed by atoms with Gasteiger partial charge in [0.15, 0.2) is 11.5 Å². The van der Waals surface area contributed by atoms with Crippen LogP contribution in [0.3, 0.4) is 0 Å². The Morgan fingerprint density at radius 2 is 2.29 bits per heavy atom. The van der Waals surface area contributed by atoms with Crippen LogP contribution in [0.15, 0.2) is 29.6 Å². The minimum absolute atomic E-state index is 0.201. The van der Waals surface area contributed by atoms with Crippen LogP contribution in [0, 0.1) is 6.92 Å². The molecule has 0 aromatic carbocycles. The van der Waals surface area contributed by atoms with Crippen LogP contribution in [0.2, 0.25) is 0 Å². The number of aromatic nitrogens is 6. The minimum atomic E-state index is -0.201. The monoisotopic (exact) mass is 228 g/mol. The number of nitrogens with zero attached hydrogens (tertiary/aromatic N) is 5. The smallest absolute Gasteiger partial charge is 0.262 e. The molecule has 3 rings (SSSR count). The first kappa shape index (κ1) is 9.64. The van der Waals surface area contributed by atoms with Gasteiger partial charge in [-0.1, -0.05) is 0 Å². The van der Waals surface area contributed by atoms with E-state index in [1.165, 1.54) is 17.2 Å². The Morgan fingerprint density at radius 3 is 3.06 bits per heavy atom. The molecular weight excluding hydrogens is 220 g/mol. The Labute approximate surface area is 95.2 Å². The zero-order valence-electron chi connectivity index (χ0n) is 8.95. The quantitative estimate of drug-likeness (QED) is 0.643. The van der Waals surface area contributed by atoms with Gasteiger partial charge in [-0.05, 0) is 6.92 Å². The zero-order valence-corrected chi connectivity index (χ0v) is 8.95. The lowest BCUT2D eigenvalue weighted by Crippen LogP contribution is -2.10. The molecule has 84 valence electrons. The molecule has 7 nitrogen and oxygen atoms in total. The maximum Gasteiger partial charge on any atom is 0.262 e. The number of fused-ring (bicyclic) bond motifs is 1. The molecule has 0 bridgehead atoms. The largest absolute Gasteiger partial charge is 0.310 e. The first-order valence-corrected chi connectivity index (χ1v) is 4.97. The summed E-state index contributed by atoms with van der Waals surface area (Å²) in [5.41, 5.74) is 0.290. The molecule has 1 N–H and O–H groups in total. The summed E-state index contributed by atoms with van der Waals surface area (Å²) < 4.78 is 1.51. The Balaban J connectivity index is 2.36. The van der Waals surface area contributed by atoms with Crippen molar-refractivity contribution in [3.8, 4) is 5.82 Å². The number of H-pyrrole nitrogens is 1. The Bertz CT molecular complexity index is 729. The van der Waals surface area contributed by atoms with Gasteiger partial charge in [0.25, 0.3) is 5.56 Å². The number of aromatic amines is 1. The van der Waals surface area contributed by atoms with Crippen molar-refractivity contribution in [2.24, 2.45) is 0 Å². The van der Waals surface area contributed by atoms with Crippen LogP contribution >= 0.6 is 0 Å². The first-order chi connectivity index (χ1) is 8.25. The standard InChI is InChI=1S/C10H8N6O/c1-6-14-9-7(10(17)15-6)4-13-16(9)8-2-3-11-5-12-8/h2-5H,1H3,(H,14,15,17). The van der Waals surface area contributed by atoms with E-state index in [0.717, 1.165) is 0 Å². The fraction of sp³-hybridized carbons (Fsp3) is 0.100. The highest BCUT2D eigenvalue weighted by Gasteiger charge is 2.10. The minimum Gasteiger partial charge on any atom is -0.310 e. The Kier molecular flexibility index (Phi) is 1.97. The van der Waals surface area contributed by atoms with E-state index in [4.69, 9.17) is 0 Å². The van der Waals surface area contributed by atoms with Gasteiger partial charge in [-0.3, -0.25) is 4.79 Å². The molecule has 0 aliphatic rings. The molecule has 0 saturated heterocycles. The van der Waals surface area contributed by atoms with Gasteiger partial charge >= 0.3 is 0 Å². The lowest BCUT2D eigenvalue weighted by molar-refractivity contribution is 0.849. The third kappa shape index (κ3) is 1.48. The third-order valence-electron chi connectivity index (χ3n) is 2.34. The highest BCUT2D eigenvalue weighted by molar-refractivity contribution is 5.74. The van der Waals surface area contributed by atoms with E-state index in [-0.39, 0.29) is 5.56 Å². The lowest BCUT2D eigenvalue weighted by atomic mass is 10.4. The summed E-state index contributed by atoms with van der Waals surface area (Å²) in [7, 11) is 0. The molecule has 0 spiro atoms. The molecule has 3 heterocycles. The predicted molar refractivity (Wildman–Crippen MR) is 59.8 cm³/mol. The Hall–Kier alpha value is -2.57. The summed E-state index contributed by atoms with van der Waals surface area (Å²) in [5, 5.41) is 4.55. The van der Waals surface area contributed by atoms with Gasteiger partial charge in [0.1, 0.15) is 17.5 Å². The van der Waals surface area contributed by atoms with E-state index >= 15 is 0 Å². The molecule has 0 fully saturated rings. The van der Waals surface area contributed by atoms with Crippen molar-refractivity contribution in [1.82, 2.24) is 29.7 Å². The van der Waals surface area contributed by atoms with E-state index < -0.39 is 0 Å². The number of hydrogen-bond acceptors (Lipinski definition) is 5. The molecule has 0 aliphatic carbocycles.